The number of nitrogens with zero attached hydrogens (tertiary/aromatic N) is 1. The molecule has 5 nitrogen and oxygen atoms in total. The first-order valence-corrected chi connectivity index (χ1v) is 7.45. The third-order valence-corrected chi connectivity index (χ3v) is 3.92. The lowest BCUT2D eigenvalue weighted by molar-refractivity contribution is 0.0946. The van der Waals surface area contributed by atoms with Gasteiger partial charge in [-0.15, -0.1) is 0 Å². The molecule has 1 aromatic carbocycles. The van der Waals surface area contributed by atoms with Crippen molar-refractivity contribution in [3.05, 3.63) is 47.3 Å². The van der Waals surface area contributed by atoms with E-state index in [0.717, 1.165) is 17.8 Å². The van der Waals surface area contributed by atoms with Crippen LogP contribution in [0.4, 0.5) is 0 Å². The molecular weight excluding hydrogens is 280 g/mol. The Morgan fingerprint density at radius 2 is 2.05 bits per heavy atom. The standard InChI is InChI=1S/C17H20N2O3/c1-12-7-8-13(19(12)2)11-18-17(20)14-5-3-6-15-16(14)22-10-4-9-21-15/h3,5-8H,4,9-11H2,1-2H3,(H,18,20). The predicted molar refractivity (Wildman–Crippen MR) is 83.4 cm³/mol. The number of ether oxygens (including phenoxy) is 2. The van der Waals surface area contributed by atoms with Crippen molar-refractivity contribution in [1.82, 2.24) is 9.88 Å². The van der Waals surface area contributed by atoms with Gasteiger partial charge in [0.1, 0.15) is 0 Å². The van der Waals surface area contributed by atoms with E-state index >= 15 is 0 Å². The van der Waals surface area contributed by atoms with E-state index in [9.17, 15) is 4.79 Å². The van der Waals surface area contributed by atoms with Gasteiger partial charge in [0.2, 0.25) is 0 Å². The van der Waals surface area contributed by atoms with Gasteiger partial charge in [-0.05, 0) is 31.2 Å². The average Bonchev–Trinajstić information content (AvgIpc) is 2.74. The number of para-hydroxylation sites is 1. The number of amides is 1. The normalized spacial score (nSPS) is 13.5. The third kappa shape index (κ3) is 2.79. The van der Waals surface area contributed by atoms with Crippen LogP contribution in [-0.2, 0) is 13.6 Å². The van der Waals surface area contributed by atoms with Crippen molar-refractivity contribution < 1.29 is 14.3 Å². The Balaban J connectivity index is 1.76. The number of rotatable bonds is 3. The summed E-state index contributed by atoms with van der Waals surface area (Å²) < 4.78 is 13.4. The van der Waals surface area contributed by atoms with Crippen molar-refractivity contribution in [3.63, 3.8) is 0 Å². The lowest BCUT2D eigenvalue weighted by Crippen LogP contribution is -2.24. The van der Waals surface area contributed by atoms with Gasteiger partial charge in [-0.1, -0.05) is 6.07 Å². The molecule has 0 spiro atoms. The smallest absolute Gasteiger partial charge is 0.255 e. The van der Waals surface area contributed by atoms with Crippen LogP contribution >= 0.6 is 0 Å². The molecular formula is C17H20N2O3. The zero-order valence-electron chi connectivity index (χ0n) is 12.9. The highest BCUT2D eigenvalue weighted by atomic mass is 16.5. The fourth-order valence-corrected chi connectivity index (χ4v) is 2.48. The monoisotopic (exact) mass is 300 g/mol. The number of nitrogens with one attached hydrogen (secondary N) is 1. The van der Waals surface area contributed by atoms with E-state index in [1.165, 1.54) is 0 Å². The minimum atomic E-state index is -0.152. The summed E-state index contributed by atoms with van der Waals surface area (Å²) in [5.41, 5.74) is 2.74. The number of fused-ring (bicyclic) bond motifs is 1. The number of aryl methyl sites for hydroxylation is 1. The Morgan fingerprint density at radius 3 is 2.82 bits per heavy atom. The molecule has 0 unspecified atom stereocenters. The van der Waals surface area contributed by atoms with Crippen LogP contribution in [0.5, 0.6) is 11.5 Å². The fraction of sp³-hybridized carbons (Fsp3) is 0.353. The first-order chi connectivity index (χ1) is 10.7. The lowest BCUT2D eigenvalue weighted by atomic mass is 10.1. The van der Waals surface area contributed by atoms with Gasteiger partial charge in [-0.3, -0.25) is 4.79 Å². The molecule has 1 aliphatic heterocycles. The molecule has 1 aliphatic rings. The first-order valence-electron chi connectivity index (χ1n) is 7.45. The van der Waals surface area contributed by atoms with Gasteiger partial charge >= 0.3 is 0 Å². The molecule has 116 valence electrons. The molecule has 0 saturated carbocycles. The van der Waals surface area contributed by atoms with E-state index < -0.39 is 0 Å². The molecule has 3 rings (SSSR count). The summed E-state index contributed by atoms with van der Waals surface area (Å²) >= 11 is 0. The summed E-state index contributed by atoms with van der Waals surface area (Å²) in [6.07, 6.45) is 0.818. The largest absolute Gasteiger partial charge is 0.490 e. The quantitative estimate of drug-likeness (QED) is 0.947. The maximum absolute atomic E-state index is 12.5. The Kier molecular flexibility index (Phi) is 4.04. The van der Waals surface area contributed by atoms with E-state index in [1.807, 2.05) is 38.2 Å². The highest BCUT2D eigenvalue weighted by Gasteiger charge is 2.19. The van der Waals surface area contributed by atoms with Crippen LogP contribution in [0.15, 0.2) is 30.3 Å². The van der Waals surface area contributed by atoms with Crippen LogP contribution in [0.2, 0.25) is 0 Å². The number of aromatic nitrogens is 1. The van der Waals surface area contributed by atoms with Crippen molar-refractivity contribution in [2.24, 2.45) is 7.05 Å². The molecule has 0 saturated heterocycles. The molecule has 1 amide bonds. The Bertz CT molecular complexity index is 691. The Hall–Kier alpha value is -2.43. The molecule has 22 heavy (non-hydrogen) atoms. The minimum Gasteiger partial charge on any atom is -0.490 e. The highest BCUT2D eigenvalue weighted by Crippen LogP contribution is 2.33. The molecule has 0 aliphatic carbocycles. The Labute approximate surface area is 129 Å². The maximum atomic E-state index is 12.5. The summed E-state index contributed by atoms with van der Waals surface area (Å²) in [4.78, 5) is 12.5. The number of hydrogen-bond acceptors (Lipinski definition) is 3. The van der Waals surface area contributed by atoms with Gasteiger partial charge < -0.3 is 19.4 Å². The molecule has 0 atom stereocenters. The van der Waals surface area contributed by atoms with Crippen LogP contribution in [0.25, 0.3) is 0 Å². The second-order valence-corrected chi connectivity index (χ2v) is 5.39. The summed E-state index contributed by atoms with van der Waals surface area (Å²) in [7, 11) is 1.99. The van der Waals surface area contributed by atoms with Gasteiger partial charge in [-0.25, -0.2) is 0 Å². The molecule has 1 N–H and O–H groups in total. The molecule has 5 heteroatoms. The second kappa shape index (κ2) is 6.13. The summed E-state index contributed by atoms with van der Waals surface area (Å²) in [6, 6.07) is 9.46. The number of benzene rings is 1. The minimum absolute atomic E-state index is 0.152. The number of hydrogen-bond donors (Lipinski definition) is 1. The summed E-state index contributed by atoms with van der Waals surface area (Å²) in [5.74, 6) is 1.03. The molecule has 0 radical (unpaired) electrons. The molecule has 0 fully saturated rings. The maximum Gasteiger partial charge on any atom is 0.255 e. The molecule has 2 heterocycles. The lowest BCUT2D eigenvalue weighted by Gasteiger charge is -2.13. The SMILES string of the molecule is Cc1ccc(CNC(=O)c2cccc3c2OCCCO3)n1C. The Morgan fingerprint density at radius 1 is 1.23 bits per heavy atom. The second-order valence-electron chi connectivity index (χ2n) is 5.39. The first kappa shape index (κ1) is 14.5. The highest BCUT2D eigenvalue weighted by molar-refractivity contribution is 5.97. The topological polar surface area (TPSA) is 52.5 Å². The number of carbonyl (C=O) groups excluding carboxylic acids is 1. The van der Waals surface area contributed by atoms with Crippen LogP contribution in [-0.4, -0.2) is 23.7 Å². The molecule has 1 aromatic heterocycles. The third-order valence-electron chi connectivity index (χ3n) is 3.92. The molecule has 2 aromatic rings. The van der Waals surface area contributed by atoms with Crippen molar-refractivity contribution in [2.45, 2.75) is 19.9 Å². The van der Waals surface area contributed by atoms with Gasteiger partial charge in [0, 0.05) is 24.9 Å². The van der Waals surface area contributed by atoms with E-state index in [4.69, 9.17) is 9.47 Å². The van der Waals surface area contributed by atoms with Crippen LogP contribution < -0.4 is 14.8 Å². The zero-order valence-corrected chi connectivity index (χ0v) is 12.9. The van der Waals surface area contributed by atoms with Gasteiger partial charge in [0.15, 0.2) is 11.5 Å². The number of carbonyl (C=O) groups is 1. The van der Waals surface area contributed by atoms with Crippen molar-refractivity contribution >= 4 is 5.91 Å². The van der Waals surface area contributed by atoms with Crippen LogP contribution in [0.3, 0.4) is 0 Å². The van der Waals surface area contributed by atoms with Crippen LogP contribution in [0.1, 0.15) is 28.2 Å². The fourth-order valence-electron chi connectivity index (χ4n) is 2.48. The van der Waals surface area contributed by atoms with Crippen molar-refractivity contribution in [2.75, 3.05) is 13.2 Å². The molecule has 0 bridgehead atoms. The van der Waals surface area contributed by atoms with E-state index in [-0.39, 0.29) is 5.91 Å². The van der Waals surface area contributed by atoms with E-state index in [0.29, 0.717) is 36.8 Å². The van der Waals surface area contributed by atoms with Crippen molar-refractivity contribution in [1.29, 1.82) is 0 Å². The van der Waals surface area contributed by atoms with Crippen molar-refractivity contribution in [3.8, 4) is 11.5 Å². The van der Waals surface area contributed by atoms with E-state index in [2.05, 4.69) is 9.88 Å². The van der Waals surface area contributed by atoms with Crippen LogP contribution in [0, 0.1) is 6.92 Å². The van der Waals surface area contributed by atoms with E-state index in [1.54, 1.807) is 6.07 Å². The van der Waals surface area contributed by atoms with Gasteiger partial charge in [0.25, 0.3) is 5.91 Å². The summed E-state index contributed by atoms with van der Waals surface area (Å²) in [6.45, 7) is 3.69. The van der Waals surface area contributed by atoms with Gasteiger partial charge in [0.05, 0.1) is 25.3 Å². The zero-order chi connectivity index (χ0) is 15.5. The summed E-state index contributed by atoms with van der Waals surface area (Å²) in [5, 5.41) is 2.94. The van der Waals surface area contributed by atoms with Gasteiger partial charge in [-0.2, -0.15) is 0 Å². The average molecular weight is 300 g/mol. The predicted octanol–water partition coefficient (Wildman–Crippen LogP) is 2.42.